The number of aromatic amines is 1. The lowest BCUT2D eigenvalue weighted by Crippen LogP contribution is -2.66. The SMILES string of the molecule is CC(C)C[C@H](NC(=O)c1ccc2[nH]nc(-c3ccc(N4CC5(COC5)C4)cc3)c2c1)c1ccccn1. The lowest BCUT2D eigenvalue weighted by Gasteiger charge is -2.56. The zero-order chi connectivity index (χ0) is 24.7. The molecule has 0 aliphatic carbocycles. The van der Waals surface area contributed by atoms with Crippen LogP contribution in [0.5, 0.6) is 0 Å². The molecule has 2 saturated heterocycles. The van der Waals surface area contributed by atoms with E-state index in [0.29, 0.717) is 16.9 Å². The summed E-state index contributed by atoms with van der Waals surface area (Å²) in [7, 11) is 0. The zero-order valence-corrected chi connectivity index (χ0v) is 20.7. The first-order valence-corrected chi connectivity index (χ1v) is 12.6. The van der Waals surface area contributed by atoms with Crippen molar-refractivity contribution >= 4 is 22.5 Å². The van der Waals surface area contributed by atoms with Crippen LogP contribution >= 0.6 is 0 Å². The first kappa shape index (κ1) is 22.7. The van der Waals surface area contributed by atoms with Crippen molar-refractivity contribution in [2.45, 2.75) is 26.3 Å². The van der Waals surface area contributed by atoms with E-state index >= 15 is 0 Å². The summed E-state index contributed by atoms with van der Waals surface area (Å²) in [6.45, 7) is 8.20. The average molecular weight is 482 g/mol. The number of amides is 1. The molecule has 0 radical (unpaired) electrons. The summed E-state index contributed by atoms with van der Waals surface area (Å²) in [6, 6.07) is 19.9. The number of fused-ring (bicyclic) bond motifs is 1. The number of carbonyl (C=O) groups is 1. The van der Waals surface area contributed by atoms with Gasteiger partial charge in [-0.2, -0.15) is 5.10 Å². The third-order valence-electron chi connectivity index (χ3n) is 7.26. The van der Waals surface area contributed by atoms with Crippen molar-refractivity contribution in [1.82, 2.24) is 20.5 Å². The molecule has 1 amide bonds. The van der Waals surface area contributed by atoms with Gasteiger partial charge >= 0.3 is 0 Å². The summed E-state index contributed by atoms with van der Waals surface area (Å²) < 4.78 is 5.39. The number of aromatic nitrogens is 3. The van der Waals surface area contributed by atoms with E-state index in [2.05, 4.69) is 63.5 Å². The number of rotatable bonds is 7. The van der Waals surface area contributed by atoms with Crippen LogP contribution in [-0.4, -0.2) is 47.4 Å². The summed E-state index contributed by atoms with van der Waals surface area (Å²) in [5.41, 5.74) is 5.88. The van der Waals surface area contributed by atoms with Crippen molar-refractivity contribution in [2.75, 3.05) is 31.2 Å². The van der Waals surface area contributed by atoms with Crippen molar-refractivity contribution in [2.24, 2.45) is 11.3 Å². The standard InChI is InChI=1S/C29H31N5O2/c1-19(2)13-26(25-5-3-4-12-30-25)31-28(35)21-8-11-24-23(14-21)27(33-32-24)20-6-9-22(10-7-20)34-15-29(16-34)17-36-18-29/h3-12,14,19,26H,13,15-18H2,1-2H3,(H,31,35)(H,32,33)/t26-/m0/s1. The third-order valence-corrected chi connectivity index (χ3v) is 7.26. The van der Waals surface area contributed by atoms with Crippen LogP contribution < -0.4 is 10.2 Å². The van der Waals surface area contributed by atoms with Crippen LogP contribution in [0.4, 0.5) is 5.69 Å². The van der Waals surface area contributed by atoms with E-state index in [0.717, 1.165) is 60.6 Å². The number of benzene rings is 2. The molecule has 2 aromatic heterocycles. The minimum Gasteiger partial charge on any atom is -0.380 e. The molecule has 184 valence electrons. The summed E-state index contributed by atoms with van der Waals surface area (Å²) >= 11 is 0. The van der Waals surface area contributed by atoms with Crippen molar-refractivity contribution in [3.63, 3.8) is 0 Å². The monoisotopic (exact) mass is 481 g/mol. The Kier molecular flexibility index (Phi) is 5.72. The molecule has 4 heterocycles. The molecule has 7 nitrogen and oxygen atoms in total. The van der Waals surface area contributed by atoms with Gasteiger partial charge in [-0.05, 0) is 54.8 Å². The number of hydrogen-bond acceptors (Lipinski definition) is 5. The highest BCUT2D eigenvalue weighted by atomic mass is 16.5. The number of ether oxygens (including phenoxy) is 1. The van der Waals surface area contributed by atoms with Gasteiger partial charge in [0, 0.05) is 41.5 Å². The highest BCUT2D eigenvalue weighted by Gasteiger charge is 2.48. The molecule has 0 saturated carbocycles. The van der Waals surface area contributed by atoms with Gasteiger partial charge in [0.1, 0.15) is 0 Å². The Bertz CT molecular complexity index is 1370. The predicted molar refractivity (Wildman–Crippen MR) is 141 cm³/mol. The Morgan fingerprint density at radius 1 is 1.11 bits per heavy atom. The van der Waals surface area contributed by atoms with Gasteiger partial charge in [-0.25, -0.2) is 0 Å². The molecule has 2 aliphatic rings. The highest BCUT2D eigenvalue weighted by molar-refractivity contribution is 6.01. The highest BCUT2D eigenvalue weighted by Crippen LogP contribution is 2.40. The van der Waals surface area contributed by atoms with Crippen LogP contribution in [-0.2, 0) is 4.74 Å². The lowest BCUT2D eigenvalue weighted by atomic mass is 9.78. The van der Waals surface area contributed by atoms with Gasteiger partial charge in [-0.15, -0.1) is 0 Å². The maximum Gasteiger partial charge on any atom is 0.251 e. The fourth-order valence-corrected chi connectivity index (χ4v) is 5.27. The van der Waals surface area contributed by atoms with Gasteiger partial charge in [-0.1, -0.05) is 32.0 Å². The molecule has 1 atom stereocenters. The van der Waals surface area contributed by atoms with Gasteiger partial charge in [-0.3, -0.25) is 14.9 Å². The Balaban J connectivity index is 1.22. The second-order valence-electron chi connectivity index (χ2n) is 10.6. The van der Waals surface area contributed by atoms with E-state index in [9.17, 15) is 4.79 Å². The molecule has 4 aromatic rings. The fourth-order valence-electron chi connectivity index (χ4n) is 5.27. The summed E-state index contributed by atoms with van der Waals surface area (Å²) in [5.74, 6) is 0.314. The van der Waals surface area contributed by atoms with Gasteiger partial charge in [0.05, 0.1) is 41.6 Å². The number of pyridine rings is 1. The van der Waals surface area contributed by atoms with E-state index in [1.807, 2.05) is 36.4 Å². The topological polar surface area (TPSA) is 83.1 Å². The normalized spacial score (nSPS) is 17.1. The quantitative estimate of drug-likeness (QED) is 0.389. The minimum absolute atomic E-state index is 0.109. The number of anilines is 1. The van der Waals surface area contributed by atoms with Crippen molar-refractivity contribution in [3.05, 3.63) is 78.1 Å². The molecule has 0 bridgehead atoms. The molecule has 2 N–H and O–H groups in total. The van der Waals surface area contributed by atoms with E-state index in [4.69, 9.17) is 4.74 Å². The van der Waals surface area contributed by atoms with Crippen molar-refractivity contribution in [3.8, 4) is 11.3 Å². The molecule has 0 unspecified atom stereocenters. The number of nitrogens with zero attached hydrogens (tertiary/aromatic N) is 3. The van der Waals surface area contributed by atoms with E-state index in [-0.39, 0.29) is 11.9 Å². The van der Waals surface area contributed by atoms with Crippen LogP contribution in [0.25, 0.3) is 22.2 Å². The molecule has 36 heavy (non-hydrogen) atoms. The predicted octanol–water partition coefficient (Wildman–Crippen LogP) is 4.98. The molecule has 2 fully saturated rings. The fraction of sp³-hybridized carbons (Fsp3) is 0.345. The second-order valence-corrected chi connectivity index (χ2v) is 10.6. The van der Waals surface area contributed by atoms with E-state index in [1.165, 1.54) is 5.69 Å². The van der Waals surface area contributed by atoms with Crippen LogP contribution in [0.2, 0.25) is 0 Å². The first-order chi connectivity index (χ1) is 17.5. The molecule has 1 spiro atoms. The number of nitrogens with one attached hydrogen (secondary N) is 2. The smallest absolute Gasteiger partial charge is 0.251 e. The van der Waals surface area contributed by atoms with Crippen LogP contribution in [0.1, 0.15) is 42.4 Å². The van der Waals surface area contributed by atoms with Crippen LogP contribution in [0, 0.1) is 11.3 Å². The zero-order valence-electron chi connectivity index (χ0n) is 20.7. The molecule has 2 aromatic carbocycles. The van der Waals surface area contributed by atoms with Crippen molar-refractivity contribution < 1.29 is 9.53 Å². The van der Waals surface area contributed by atoms with Gasteiger partial charge in [0.2, 0.25) is 0 Å². The Hall–Kier alpha value is -3.71. The van der Waals surface area contributed by atoms with Crippen molar-refractivity contribution in [1.29, 1.82) is 0 Å². The average Bonchev–Trinajstić information content (AvgIpc) is 3.26. The summed E-state index contributed by atoms with van der Waals surface area (Å²) in [4.78, 5) is 20.2. The first-order valence-electron chi connectivity index (χ1n) is 12.6. The minimum atomic E-state index is -0.141. The number of carbonyl (C=O) groups excluding carboxylic acids is 1. The van der Waals surface area contributed by atoms with Crippen LogP contribution in [0.15, 0.2) is 66.9 Å². The van der Waals surface area contributed by atoms with Gasteiger partial charge in [0.15, 0.2) is 0 Å². The largest absolute Gasteiger partial charge is 0.380 e. The lowest BCUT2D eigenvalue weighted by molar-refractivity contribution is -0.127. The Morgan fingerprint density at radius 3 is 2.58 bits per heavy atom. The summed E-state index contributed by atoms with van der Waals surface area (Å²) in [5, 5.41) is 11.8. The number of H-pyrrole nitrogens is 1. The maximum absolute atomic E-state index is 13.3. The van der Waals surface area contributed by atoms with Gasteiger partial charge < -0.3 is 15.0 Å². The Labute approximate surface area is 210 Å². The van der Waals surface area contributed by atoms with E-state index < -0.39 is 0 Å². The Morgan fingerprint density at radius 2 is 1.92 bits per heavy atom. The van der Waals surface area contributed by atoms with E-state index in [1.54, 1.807) is 6.20 Å². The molecule has 2 aliphatic heterocycles. The summed E-state index contributed by atoms with van der Waals surface area (Å²) in [6.07, 6.45) is 2.59. The molecule has 6 rings (SSSR count). The second kappa shape index (κ2) is 9.06. The molecule has 7 heteroatoms. The maximum atomic E-state index is 13.3. The molecular weight excluding hydrogens is 450 g/mol. The molecular formula is C29H31N5O2. The van der Waals surface area contributed by atoms with Gasteiger partial charge in [0.25, 0.3) is 5.91 Å². The third kappa shape index (κ3) is 4.24. The van der Waals surface area contributed by atoms with Crippen LogP contribution in [0.3, 0.4) is 0 Å². The number of hydrogen-bond donors (Lipinski definition) is 2.